The number of carbonyl (C=O) groups is 1. The predicted molar refractivity (Wildman–Crippen MR) is 54.2 cm³/mol. The number of hydrogen-bond acceptors (Lipinski definition) is 1. The van der Waals surface area contributed by atoms with Crippen LogP contribution in [0.2, 0.25) is 0 Å². The summed E-state index contributed by atoms with van der Waals surface area (Å²) in [4.78, 5) is 13.2. The zero-order valence-corrected chi connectivity index (χ0v) is 8.74. The number of likely N-dealkylation sites (N-methyl/N-ethyl adjacent to an activating group) is 1. The average molecular weight is 179 g/mol. The van der Waals surface area contributed by atoms with Crippen LogP contribution in [0, 0.1) is 11.8 Å². The Morgan fingerprint density at radius 2 is 1.92 bits per heavy atom. The van der Waals surface area contributed by atoms with E-state index in [4.69, 9.17) is 0 Å². The summed E-state index contributed by atoms with van der Waals surface area (Å²) < 4.78 is 0. The van der Waals surface area contributed by atoms with Crippen LogP contribution in [-0.4, -0.2) is 24.9 Å². The number of carbonyl (C=O) groups excluding carboxylic acids is 1. The van der Waals surface area contributed by atoms with Gasteiger partial charge in [-0.25, -0.2) is 0 Å². The van der Waals surface area contributed by atoms with Crippen molar-refractivity contribution in [3.63, 3.8) is 0 Å². The number of amides is 1. The molecule has 0 aromatic heterocycles. The molecule has 1 aliphatic carbocycles. The molecule has 0 radical (unpaired) electrons. The van der Waals surface area contributed by atoms with Gasteiger partial charge < -0.3 is 4.90 Å². The Morgan fingerprint density at radius 1 is 1.31 bits per heavy atom. The maximum absolute atomic E-state index is 11.6. The van der Waals surface area contributed by atoms with E-state index in [9.17, 15) is 4.79 Å². The van der Waals surface area contributed by atoms with Crippen molar-refractivity contribution in [2.24, 2.45) is 11.8 Å². The molecule has 0 bridgehead atoms. The first-order chi connectivity index (χ1) is 6.02. The van der Waals surface area contributed by atoms with Gasteiger partial charge in [-0.05, 0) is 11.8 Å². The van der Waals surface area contributed by atoms with Crippen molar-refractivity contribution in [3.05, 3.63) is 23.8 Å². The molecule has 0 aromatic carbocycles. The lowest BCUT2D eigenvalue weighted by Gasteiger charge is -2.20. The van der Waals surface area contributed by atoms with Crippen molar-refractivity contribution in [1.82, 2.24) is 4.90 Å². The van der Waals surface area contributed by atoms with Crippen LogP contribution in [0.3, 0.4) is 0 Å². The highest BCUT2D eigenvalue weighted by Gasteiger charge is 2.17. The molecule has 1 aliphatic rings. The average Bonchev–Trinajstić information content (AvgIpc) is 2.08. The van der Waals surface area contributed by atoms with Crippen LogP contribution in [0.25, 0.3) is 0 Å². The fourth-order valence-electron chi connectivity index (χ4n) is 1.32. The lowest BCUT2D eigenvalue weighted by atomic mass is 9.88. The third kappa shape index (κ3) is 2.20. The molecular formula is C11H17NO. The van der Waals surface area contributed by atoms with Gasteiger partial charge in [-0.2, -0.15) is 0 Å². The third-order valence-electron chi connectivity index (χ3n) is 2.50. The van der Waals surface area contributed by atoms with Gasteiger partial charge in [0.1, 0.15) is 0 Å². The first kappa shape index (κ1) is 10.0. The molecule has 1 amide bonds. The lowest BCUT2D eigenvalue weighted by Crippen LogP contribution is -2.24. The number of nitrogens with zero attached hydrogens (tertiary/aromatic N) is 1. The number of allylic oxidation sites excluding steroid dienone is 2. The van der Waals surface area contributed by atoms with Crippen molar-refractivity contribution >= 4 is 5.91 Å². The number of hydrogen-bond donors (Lipinski definition) is 0. The summed E-state index contributed by atoms with van der Waals surface area (Å²) in [7, 11) is 3.55. The van der Waals surface area contributed by atoms with Crippen LogP contribution in [0.5, 0.6) is 0 Å². The van der Waals surface area contributed by atoms with Gasteiger partial charge in [-0.3, -0.25) is 4.79 Å². The first-order valence-corrected chi connectivity index (χ1v) is 4.64. The summed E-state index contributed by atoms with van der Waals surface area (Å²) >= 11 is 0. The molecule has 0 aliphatic heterocycles. The van der Waals surface area contributed by atoms with E-state index in [1.54, 1.807) is 19.0 Å². The minimum absolute atomic E-state index is 0.0926. The Bertz CT molecular complexity index is 263. The van der Waals surface area contributed by atoms with E-state index in [0.29, 0.717) is 11.8 Å². The highest BCUT2D eigenvalue weighted by molar-refractivity contribution is 5.96. The Hall–Kier alpha value is -1.05. The van der Waals surface area contributed by atoms with Gasteiger partial charge >= 0.3 is 0 Å². The van der Waals surface area contributed by atoms with Crippen molar-refractivity contribution < 1.29 is 4.79 Å². The first-order valence-electron chi connectivity index (χ1n) is 4.64. The Balaban J connectivity index is 2.79. The SMILES string of the molecule is CC1C=CC(C(=O)N(C)C)=CC1C. The summed E-state index contributed by atoms with van der Waals surface area (Å²) in [6.45, 7) is 4.30. The Labute approximate surface area is 79.9 Å². The van der Waals surface area contributed by atoms with Gasteiger partial charge in [0.05, 0.1) is 0 Å². The minimum atomic E-state index is 0.0926. The van der Waals surface area contributed by atoms with Crippen molar-refractivity contribution in [1.29, 1.82) is 0 Å². The molecule has 0 spiro atoms. The summed E-state index contributed by atoms with van der Waals surface area (Å²) in [5, 5.41) is 0. The zero-order valence-electron chi connectivity index (χ0n) is 8.74. The van der Waals surface area contributed by atoms with Gasteiger partial charge in [-0.1, -0.05) is 32.1 Å². The van der Waals surface area contributed by atoms with E-state index >= 15 is 0 Å². The molecule has 13 heavy (non-hydrogen) atoms. The molecule has 0 fully saturated rings. The quantitative estimate of drug-likeness (QED) is 0.601. The molecule has 0 saturated carbocycles. The molecular weight excluding hydrogens is 162 g/mol. The Morgan fingerprint density at radius 3 is 2.38 bits per heavy atom. The maximum atomic E-state index is 11.6. The maximum Gasteiger partial charge on any atom is 0.253 e. The smallest absolute Gasteiger partial charge is 0.253 e. The van der Waals surface area contributed by atoms with Gasteiger partial charge in [0.25, 0.3) is 5.91 Å². The number of rotatable bonds is 1. The van der Waals surface area contributed by atoms with E-state index < -0.39 is 0 Å². The van der Waals surface area contributed by atoms with Gasteiger partial charge in [-0.15, -0.1) is 0 Å². The van der Waals surface area contributed by atoms with Crippen LogP contribution in [-0.2, 0) is 4.79 Å². The molecule has 72 valence electrons. The fraction of sp³-hybridized carbons (Fsp3) is 0.545. The molecule has 2 atom stereocenters. The molecule has 0 heterocycles. The van der Waals surface area contributed by atoms with E-state index in [0.717, 1.165) is 5.57 Å². The lowest BCUT2D eigenvalue weighted by molar-refractivity contribution is -0.124. The summed E-state index contributed by atoms with van der Waals surface area (Å²) in [5.74, 6) is 1.10. The molecule has 0 aromatic rings. The highest BCUT2D eigenvalue weighted by Crippen LogP contribution is 2.22. The fourth-order valence-corrected chi connectivity index (χ4v) is 1.32. The summed E-state index contributed by atoms with van der Waals surface area (Å²) in [5.41, 5.74) is 0.815. The van der Waals surface area contributed by atoms with Crippen molar-refractivity contribution in [3.8, 4) is 0 Å². The van der Waals surface area contributed by atoms with Gasteiger partial charge in [0.2, 0.25) is 0 Å². The second-order valence-corrected chi connectivity index (χ2v) is 3.90. The molecule has 1 rings (SSSR count). The standard InChI is InChI=1S/C11H17NO/c1-8-5-6-10(7-9(8)2)11(13)12(3)4/h5-9H,1-4H3. The topological polar surface area (TPSA) is 20.3 Å². The zero-order chi connectivity index (χ0) is 10.0. The van der Waals surface area contributed by atoms with Crippen LogP contribution >= 0.6 is 0 Å². The summed E-state index contributed by atoms with van der Waals surface area (Å²) in [6.07, 6.45) is 6.07. The molecule has 2 nitrogen and oxygen atoms in total. The van der Waals surface area contributed by atoms with E-state index in [-0.39, 0.29) is 5.91 Å². The molecule has 0 N–H and O–H groups in total. The van der Waals surface area contributed by atoms with Gasteiger partial charge in [0, 0.05) is 19.7 Å². The van der Waals surface area contributed by atoms with E-state index in [2.05, 4.69) is 19.9 Å². The molecule has 0 saturated heterocycles. The monoisotopic (exact) mass is 179 g/mol. The highest BCUT2D eigenvalue weighted by atomic mass is 16.2. The van der Waals surface area contributed by atoms with Crippen LogP contribution in [0.15, 0.2) is 23.8 Å². The Kier molecular flexibility index (Phi) is 2.91. The van der Waals surface area contributed by atoms with Crippen LogP contribution < -0.4 is 0 Å². The molecule has 2 heteroatoms. The van der Waals surface area contributed by atoms with Crippen molar-refractivity contribution in [2.75, 3.05) is 14.1 Å². The molecule has 2 unspecified atom stereocenters. The normalized spacial score (nSPS) is 26.9. The van der Waals surface area contributed by atoms with Gasteiger partial charge in [0.15, 0.2) is 0 Å². The van der Waals surface area contributed by atoms with E-state index in [1.165, 1.54) is 0 Å². The largest absolute Gasteiger partial charge is 0.345 e. The van der Waals surface area contributed by atoms with Crippen molar-refractivity contribution in [2.45, 2.75) is 13.8 Å². The second kappa shape index (κ2) is 3.77. The minimum Gasteiger partial charge on any atom is -0.345 e. The van der Waals surface area contributed by atoms with Crippen LogP contribution in [0.4, 0.5) is 0 Å². The predicted octanol–water partition coefficient (Wildman–Crippen LogP) is 1.84. The second-order valence-electron chi connectivity index (χ2n) is 3.90. The summed E-state index contributed by atoms with van der Waals surface area (Å²) in [6, 6.07) is 0. The van der Waals surface area contributed by atoms with Crippen LogP contribution in [0.1, 0.15) is 13.8 Å². The van der Waals surface area contributed by atoms with E-state index in [1.807, 2.05) is 12.2 Å². The third-order valence-corrected chi connectivity index (χ3v) is 2.50.